The van der Waals surface area contributed by atoms with Gasteiger partial charge in [0.25, 0.3) is 5.69 Å². The molecule has 2 aromatic heterocycles. The molecule has 0 fully saturated rings. The van der Waals surface area contributed by atoms with Gasteiger partial charge in [-0.15, -0.1) is 0 Å². The minimum Gasteiger partial charge on any atom is -0.431 e. The molecule has 0 aliphatic carbocycles. The maximum absolute atomic E-state index is 12.3. The quantitative estimate of drug-likeness (QED) is 0.245. The van der Waals surface area contributed by atoms with E-state index in [9.17, 15) is 25.0 Å². The number of carbonyl (C=O) groups is 1. The van der Waals surface area contributed by atoms with Gasteiger partial charge in [-0.25, -0.2) is 4.98 Å². The van der Waals surface area contributed by atoms with Crippen LogP contribution in [0.25, 0.3) is 10.9 Å². The van der Waals surface area contributed by atoms with Crippen LogP contribution in [0.2, 0.25) is 0 Å². The minimum absolute atomic E-state index is 0.106. The smallest absolute Gasteiger partial charge is 0.374 e. The first-order valence-electron chi connectivity index (χ1n) is 9.82. The van der Waals surface area contributed by atoms with Gasteiger partial charge in [0.05, 0.1) is 16.3 Å². The molecule has 0 saturated carbocycles. The number of hydrogen-bond donors (Lipinski definition) is 2. The number of amides is 1. The molecular weight excluding hydrogens is 526 g/mol. The number of non-ortho nitro benzene ring substituents is 1. The zero-order chi connectivity index (χ0) is 24.9. The summed E-state index contributed by atoms with van der Waals surface area (Å²) < 4.78 is 6.50. The van der Waals surface area contributed by atoms with Crippen LogP contribution in [0.5, 0.6) is 11.6 Å². The highest BCUT2D eigenvalue weighted by Crippen LogP contribution is 2.37. The molecule has 35 heavy (non-hydrogen) atoms. The Balaban J connectivity index is 1.53. The lowest BCUT2D eigenvalue weighted by molar-refractivity contribution is -0.385. The van der Waals surface area contributed by atoms with Crippen LogP contribution in [0.15, 0.2) is 65.5 Å². The number of ether oxygens (including phenoxy) is 1. The predicted octanol–water partition coefficient (Wildman–Crippen LogP) is 4.08. The average Bonchev–Trinajstić information content (AvgIpc) is 2.85. The Labute approximate surface area is 204 Å². The summed E-state index contributed by atoms with van der Waals surface area (Å²) >= 11 is 3.42. The summed E-state index contributed by atoms with van der Waals surface area (Å²) in [6, 6.07) is 12.3. The number of carbonyl (C=O) groups excluding carboxylic acids is 1. The van der Waals surface area contributed by atoms with Crippen molar-refractivity contribution in [3.63, 3.8) is 0 Å². The van der Waals surface area contributed by atoms with E-state index in [1.807, 2.05) is 0 Å². The van der Waals surface area contributed by atoms with Crippen LogP contribution in [0.4, 0.5) is 17.2 Å². The summed E-state index contributed by atoms with van der Waals surface area (Å²) in [6.45, 7) is 0. The van der Waals surface area contributed by atoms with Gasteiger partial charge >= 0.3 is 11.6 Å². The lowest BCUT2D eigenvalue weighted by Gasteiger charge is -2.11. The molecule has 0 aliphatic rings. The van der Waals surface area contributed by atoms with Gasteiger partial charge in [-0.3, -0.25) is 40.9 Å². The third-order valence-electron chi connectivity index (χ3n) is 4.69. The van der Waals surface area contributed by atoms with Gasteiger partial charge in [0.2, 0.25) is 11.7 Å². The zero-order valence-corrected chi connectivity index (χ0v) is 19.1. The summed E-state index contributed by atoms with van der Waals surface area (Å²) in [5.41, 5.74) is 4.99. The molecule has 2 N–H and O–H groups in total. The summed E-state index contributed by atoms with van der Waals surface area (Å²) in [5, 5.41) is 23.3. The van der Waals surface area contributed by atoms with Crippen LogP contribution in [0.3, 0.4) is 0 Å². The van der Waals surface area contributed by atoms with Crippen molar-refractivity contribution in [3.05, 3.63) is 91.3 Å². The van der Waals surface area contributed by atoms with Gasteiger partial charge in [0.1, 0.15) is 11.8 Å². The minimum atomic E-state index is -0.741. The van der Waals surface area contributed by atoms with E-state index in [0.29, 0.717) is 11.1 Å². The second kappa shape index (κ2) is 10.0. The van der Waals surface area contributed by atoms with Crippen molar-refractivity contribution in [2.24, 2.45) is 0 Å². The lowest BCUT2D eigenvalue weighted by Crippen LogP contribution is -2.31. The number of rotatable bonds is 8. The van der Waals surface area contributed by atoms with Crippen LogP contribution in [0.1, 0.15) is 5.56 Å². The molecule has 1 amide bonds. The van der Waals surface area contributed by atoms with Gasteiger partial charge in [0, 0.05) is 28.2 Å². The first-order chi connectivity index (χ1) is 16.8. The fourth-order valence-corrected chi connectivity index (χ4v) is 3.54. The zero-order valence-electron chi connectivity index (χ0n) is 17.5. The molecule has 13 nitrogen and oxygen atoms in total. The van der Waals surface area contributed by atoms with E-state index in [0.717, 1.165) is 16.2 Å². The van der Waals surface area contributed by atoms with Crippen molar-refractivity contribution < 1.29 is 19.4 Å². The number of hydrogen-bond acceptors (Lipinski definition) is 10. The van der Waals surface area contributed by atoms with Crippen molar-refractivity contribution in [2.45, 2.75) is 6.42 Å². The third kappa shape index (κ3) is 5.27. The van der Waals surface area contributed by atoms with E-state index in [1.54, 1.807) is 30.5 Å². The normalized spacial score (nSPS) is 10.5. The topological polar surface area (TPSA) is 175 Å². The number of nitrogens with one attached hydrogen (secondary N) is 2. The van der Waals surface area contributed by atoms with Crippen LogP contribution >= 0.6 is 15.9 Å². The van der Waals surface area contributed by atoms with Crippen LogP contribution in [-0.2, 0) is 11.2 Å². The largest absolute Gasteiger partial charge is 0.431 e. The van der Waals surface area contributed by atoms with E-state index in [4.69, 9.17) is 4.74 Å². The molecule has 0 aliphatic heterocycles. The van der Waals surface area contributed by atoms with E-state index in [-0.39, 0.29) is 29.6 Å². The number of anilines is 1. The molecule has 0 unspecified atom stereocenters. The number of halogens is 1. The molecule has 0 spiro atoms. The highest BCUT2D eigenvalue weighted by Gasteiger charge is 2.26. The van der Waals surface area contributed by atoms with Gasteiger partial charge < -0.3 is 4.74 Å². The molecule has 14 heteroatoms. The number of pyridine rings is 1. The molecule has 0 atom stereocenters. The van der Waals surface area contributed by atoms with Crippen molar-refractivity contribution in [1.29, 1.82) is 0 Å². The van der Waals surface area contributed by atoms with Crippen LogP contribution < -0.4 is 15.6 Å². The number of fused-ring (bicyclic) bond motifs is 1. The average molecular weight is 540 g/mol. The van der Waals surface area contributed by atoms with E-state index < -0.39 is 21.4 Å². The van der Waals surface area contributed by atoms with Crippen molar-refractivity contribution in [1.82, 2.24) is 20.4 Å². The van der Waals surface area contributed by atoms with Crippen LogP contribution in [-0.4, -0.2) is 30.7 Å². The number of nitro groups is 2. The van der Waals surface area contributed by atoms with Gasteiger partial charge in [0.15, 0.2) is 5.75 Å². The maximum atomic E-state index is 12.3. The second-order valence-corrected chi connectivity index (χ2v) is 7.81. The summed E-state index contributed by atoms with van der Waals surface area (Å²) in [7, 11) is 0. The second-order valence-electron chi connectivity index (χ2n) is 6.95. The Morgan fingerprint density at radius 2 is 1.77 bits per heavy atom. The Morgan fingerprint density at radius 1 is 1.00 bits per heavy atom. The standard InChI is InChI=1S/C21H14BrN7O6/c22-15-7-8-16(18-14(15)2-1-9-23-18)35-21-19(29(33)34)20(24-11-25-21)27-26-17(30)10-12-3-5-13(6-4-12)28(31)32/h1-9,11H,10H2,(H,26,30)(H,24,25,27). The first-order valence-corrected chi connectivity index (χ1v) is 10.6. The van der Waals surface area contributed by atoms with Crippen molar-refractivity contribution in [2.75, 3.05) is 5.43 Å². The molecule has 4 rings (SSSR count). The van der Waals surface area contributed by atoms with Crippen molar-refractivity contribution in [3.8, 4) is 11.6 Å². The van der Waals surface area contributed by atoms with E-state index >= 15 is 0 Å². The Hall–Kier alpha value is -4.72. The molecule has 0 radical (unpaired) electrons. The predicted molar refractivity (Wildman–Crippen MR) is 127 cm³/mol. The lowest BCUT2D eigenvalue weighted by atomic mass is 10.1. The maximum Gasteiger partial charge on any atom is 0.374 e. The number of benzene rings is 2. The molecule has 0 saturated heterocycles. The summed E-state index contributed by atoms with van der Waals surface area (Å²) in [5.74, 6) is -0.978. The Kier molecular flexibility index (Phi) is 6.73. The van der Waals surface area contributed by atoms with E-state index in [2.05, 4.69) is 41.7 Å². The number of hydrazine groups is 1. The molecule has 2 heterocycles. The Morgan fingerprint density at radius 3 is 2.49 bits per heavy atom. The van der Waals surface area contributed by atoms with Crippen LogP contribution in [0, 0.1) is 20.2 Å². The monoisotopic (exact) mass is 539 g/mol. The highest BCUT2D eigenvalue weighted by atomic mass is 79.9. The fourth-order valence-electron chi connectivity index (χ4n) is 3.09. The molecule has 0 bridgehead atoms. The van der Waals surface area contributed by atoms with Gasteiger partial charge in [-0.1, -0.05) is 34.1 Å². The fraction of sp³-hybridized carbons (Fsp3) is 0.0476. The number of nitro benzene ring substituents is 1. The first kappa shape index (κ1) is 23.4. The van der Waals surface area contributed by atoms with Gasteiger partial charge in [-0.05, 0) is 23.8 Å². The summed E-state index contributed by atoms with van der Waals surface area (Å²) in [6.07, 6.45) is 2.47. The molecule has 4 aromatic rings. The van der Waals surface area contributed by atoms with Gasteiger partial charge in [-0.2, -0.15) is 4.98 Å². The third-order valence-corrected chi connectivity index (χ3v) is 5.38. The number of nitrogens with zero attached hydrogens (tertiary/aromatic N) is 5. The summed E-state index contributed by atoms with van der Waals surface area (Å²) in [4.78, 5) is 45.5. The molecule has 176 valence electrons. The SMILES string of the molecule is O=C(Cc1ccc([N+](=O)[O-])cc1)NNc1ncnc(Oc2ccc(Br)c3cccnc23)c1[N+](=O)[O-]. The van der Waals surface area contributed by atoms with Crippen molar-refractivity contribution >= 4 is 49.9 Å². The molecular formula is C21H14BrN7O6. The molecule has 2 aromatic carbocycles. The number of aromatic nitrogens is 3. The highest BCUT2D eigenvalue weighted by molar-refractivity contribution is 9.10. The Bertz CT molecular complexity index is 1450. The van der Waals surface area contributed by atoms with E-state index in [1.165, 1.54) is 24.3 Å².